The lowest BCUT2D eigenvalue weighted by Crippen LogP contribution is -2.34. The summed E-state index contributed by atoms with van der Waals surface area (Å²) >= 11 is 9.49. The van der Waals surface area contributed by atoms with Crippen LogP contribution in [0.2, 0.25) is 5.02 Å². The summed E-state index contributed by atoms with van der Waals surface area (Å²) < 4.78 is 15.0. The summed E-state index contributed by atoms with van der Waals surface area (Å²) in [6, 6.07) is 6.16. The zero-order valence-corrected chi connectivity index (χ0v) is 16.1. The zero-order chi connectivity index (χ0) is 18.0. The van der Waals surface area contributed by atoms with Crippen LogP contribution in [0.3, 0.4) is 0 Å². The number of aromatic nitrogens is 1. The van der Waals surface area contributed by atoms with Crippen molar-refractivity contribution in [3.05, 3.63) is 51.3 Å². The van der Waals surface area contributed by atoms with Crippen LogP contribution in [0.1, 0.15) is 29.6 Å². The lowest BCUT2D eigenvalue weighted by Gasteiger charge is -2.32. The van der Waals surface area contributed by atoms with Gasteiger partial charge in [-0.3, -0.25) is 9.69 Å². The van der Waals surface area contributed by atoms with Crippen molar-refractivity contribution in [1.29, 1.82) is 0 Å². The van der Waals surface area contributed by atoms with Gasteiger partial charge in [-0.15, -0.1) is 0 Å². The first-order valence-electron chi connectivity index (χ1n) is 8.11. The van der Waals surface area contributed by atoms with Crippen LogP contribution in [0.5, 0.6) is 0 Å². The Hall–Kier alpha value is -1.66. The molecular formula is C18H18BrClFN3O. The number of anilines is 2. The Morgan fingerprint density at radius 2 is 2.04 bits per heavy atom. The highest BCUT2D eigenvalue weighted by atomic mass is 79.9. The van der Waals surface area contributed by atoms with Crippen molar-refractivity contribution >= 4 is 44.9 Å². The normalized spacial score (nSPS) is 14.5. The number of carbonyl (C=O) groups excluding carboxylic acids is 1. The number of pyridine rings is 1. The monoisotopic (exact) mass is 425 g/mol. The smallest absolute Gasteiger partial charge is 0.263 e. The third-order valence-electron chi connectivity index (χ3n) is 4.31. The van der Waals surface area contributed by atoms with Crippen molar-refractivity contribution in [3.63, 3.8) is 0 Å². The predicted molar refractivity (Wildman–Crippen MR) is 102 cm³/mol. The predicted octanol–water partition coefficient (Wildman–Crippen LogP) is 4.90. The maximum absolute atomic E-state index is 14.1. The van der Waals surface area contributed by atoms with Crippen molar-refractivity contribution in [2.24, 2.45) is 0 Å². The minimum absolute atomic E-state index is 0.0912. The molecule has 0 saturated carbocycles. The van der Waals surface area contributed by atoms with Gasteiger partial charge in [-0.05, 0) is 53.4 Å². The number of hydrogen-bond acceptors (Lipinski definition) is 3. The second-order valence-electron chi connectivity index (χ2n) is 6.00. The Morgan fingerprint density at radius 1 is 1.32 bits per heavy atom. The summed E-state index contributed by atoms with van der Waals surface area (Å²) in [5.41, 5.74) is 0.721. The number of hydrogen-bond donors (Lipinski definition) is 0. The van der Waals surface area contributed by atoms with E-state index < -0.39 is 11.7 Å². The van der Waals surface area contributed by atoms with Gasteiger partial charge in [0.05, 0.1) is 16.3 Å². The van der Waals surface area contributed by atoms with Gasteiger partial charge >= 0.3 is 0 Å². The van der Waals surface area contributed by atoms with Gasteiger partial charge in [-0.2, -0.15) is 0 Å². The van der Waals surface area contributed by atoms with Gasteiger partial charge in [-0.25, -0.2) is 9.37 Å². The molecule has 0 N–H and O–H groups in total. The Kier molecular flexibility index (Phi) is 5.59. The summed E-state index contributed by atoms with van der Waals surface area (Å²) in [5.74, 6) is -0.661. The first-order valence-corrected chi connectivity index (χ1v) is 9.28. The lowest BCUT2D eigenvalue weighted by atomic mass is 10.1. The van der Waals surface area contributed by atoms with Crippen LogP contribution in [0.25, 0.3) is 0 Å². The molecule has 2 aromatic rings. The molecule has 1 aromatic carbocycles. The Morgan fingerprint density at radius 3 is 2.72 bits per heavy atom. The van der Waals surface area contributed by atoms with Crippen LogP contribution >= 0.6 is 27.5 Å². The van der Waals surface area contributed by atoms with Crippen molar-refractivity contribution < 1.29 is 9.18 Å². The molecular weight excluding hydrogens is 409 g/mol. The van der Waals surface area contributed by atoms with Crippen LogP contribution in [-0.2, 0) is 0 Å². The van der Waals surface area contributed by atoms with Crippen molar-refractivity contribution in [2.75, 3.05) is 29.9 Å². The van der Waals surface area contributed by atoms with E-state index in [9.17, 15) is 9.18 Å². The topological polar surface area (TPSA) is 36.4 Å². The molecule has 0 unspecified atom stereocenters. The maximum Gasteiger partial charge on any atom is 0.263 e. The van der Waals surface area contributed by atoms with Gasteiger partial charge in [0.15, 0.2) is 5.82 Å². The number of halogens is 3. The van der Waals surface area contributed by atoms with Gasteiger partial charge in [-0.1, -0.05) is 17.7 Å². The average Bonchev–Trinajstić information content (AvgIpc) is 2.61. The molecule has 1 aromatic heterocycles. The fraction of sp³-hybridized carbons (Fsp3) is 0.333. The maximum atomic E-state index is 14.1. The average molecular weight is 427 g/mol. The number of rotatable bonds is 3. The lowest BCUT2D eigenvalue weighted by molar-refractivity contribution is 0.0988. The largest absolute Gasteiger partial charge is 0.369 e. The number of piperidine rings is 1. The highest BCUT2D eigenvalue weighted by Crippen LogP contribution is 2.33. The highest BCUT2D eigenvalue weighted by molar-refractivity contribution is 9.10. The van der Waals surface area contributed by atoms with E-state index in [0.717, 1.165) is 36.1 Å². The van der Waals surface area contributed by atoms with E-state index in [1.807, 2.05) is 6.07 Å². The SMILES string of the molecule is CN(C(=O)c1c(F)cccc1Cl)c1ncc(Br)cc1N1CCCCC1. The number of benzene rings is 1. The molecule has 0 spiro atoms. The minimum atomic E-state index is -0.638. The summed E-state index contributed by atoms with van der Waals surface area (Å²) in [6.07, 6.45) is 5.04. The van der Waals surface area contributed by atoms with Gasteiger partial charge in [0.25, 0.3) is 5.91 Å². The van der Waals surface area contributed by atoms with Gasteiger partial charge in [0.1, 0.15) is 5.82 Å². The standard InChI is InChI=1S/C18H18BrClFN3O/c1-23(18(25)16-13(20)6-5-7-14(16)21)17-15(10-12(19)11-22-17)24-8-3-2-4-9-24/h5-7,10-11H,2-4,8-9H2,1H3. The van der Waals surface area contributed by atoms with E-state index in [-0.39, 0.29) is 10.6 Å². The molecule has 132 valence electrons. The second-order valence-corrected chi connectivity index (χ2v) is 7.33. The van der Waals surface area contributed by atoms with Crippen LogP contribution in [0, 0.1) is 5.82 Å². The summed E-state index contributed by atoms with van der Waals surface area (Å²) in [5, 5.41) is 0.0912. The molecule has 4 nitrogen and oxygen atoms in total. The fourth-order valence-corrected chi connectivity index (χ4v) is 3.58. The van der Waals surface area contributed by atoms with Crippen molar-refractivity contribution in [2.45, 2.75) is 19.3 Å². The van der Waals surface area contributed by atoms with Gasteiger partial charge in [0, 0.05) is 30.8 Å². The number of nitrogens with zero attached hydrogens (tertiary/aromatic N) is 3. The van der Waals surface area contributed by atoms with Crippen LogP contribution in [0.15, 0.2) is 34.9 Å². The van der Waals surface area contributed by atoms with E-state index >= 15 is 0 Å². The number of amides is 1. The third-order valence-corrected chi connectivity index (χ3v) is 5.06. The molecule has 1 aliphatic rings. The highest BCUT2D eigenvalue weighted by Gasteiger charge is 2.25. The molecule has 1 aliphatic heterocycles. The molecule has 0 bridgehead atoms. The van der Waals surface area contributed by atoms with Crippen molar-refractivity contribution in [3.8, 4) is 0 Å². The Balaban J connectivity index is 1.99. The molecule has 3 rings (SSSR count). The molecule has 7 heteroatoms. The fourth-order valence-electron chi connectivity index (χ4n) is 3.01. The van der Waals surface area contributed by atoms with E-state index in [2.05, 4.69) is 25.8 Å². The quantitative estimate of drug-likeness (QED) is 0.700. The molecule has 25 heavy (non-hydrogen) atoms. The molecule has 0 aliphatic carbocycles. The summed E-state index contributed by atoms with van der Waals surface area (Å²) in [4.78, 5) is 20.8. The first kappa shape index (κ1) is 18.1. The van der Waals surface area contributed by atoms with E-state index in [1.54, 1.807) is 13.2 Å². The Labute approximate surface area is 159 Å². The van der Waals surface area contributed by atoms with Crippen molar-refractivity contribution in [1.82, 2.24) is 4.98 Å². The molecule has 0 atom stereocenters. The zero-order valence-electron chi connectivity index (χ0n) is 13.8. The van der Waals surface area contributed by atoms with E-state index in [4.69, 9.17) is 11.6 Å². The molecule has 0 radical (unpaired) electrons. The molecule has 1 fully saturated rings. The molecule has 2 heterocycles. The minimum Gasteiger partial charge on any atom is -0.369 e. The number of carbonyl (C=O) groups is 1. The van der Waals surface area contributed by atoms with Gasteiger partial charge in [0.2, 0.25) is 0 Å². The molecule has 1 amide bonds. The van der Waals surface area contributed by atoms with Crippen LogP contribution < -0.4 is 9.80 Å². The second kappa shape index (κ2) is 7.70. The van der Waals surface area contributed by atoms with Crippen LogP contribution in [-0.4, -0.2) is 31.0 Å². The third kappa shape index (κ3) is 3.80. The van der Waals surface area contributed by atoms with E-state index in [0.29, 0.717) is 5.82 Å². The molecule has 1 saturated heterocycles. The van der Waals surface area contributed by atoms with E-state index in [1.165, 1.54) is 29.5 Å². The summed E-state index contributed by atoms with van der Waals surface area (Å²) in [6.45, 7) is 1.82. The summed E-state index contributed by atoms with van der Waals surface area (Å²) in [7, 11) is 1.59. The Bertz CT molecular complexity index is 776. The van der Waals surface area contributed by atoms with Gasteiger partial charge < -0.3 is 4.90 Å². The first-order chi connectivity index (χ1) is 12.0. The van der Waals surface area contributed by atoms with Crippen LogP contribution in [0.4, 0.5) is 15.9 Å².